The molecule has 0 bridgehead atoms. The second kappa shape index (κ2) is 9.27. The van der Waals surface area contributed by atoms with Crippen molar-refractivity contribution in [3.8, 4) is 0 Å². The smallest absolute Gasteiger partial charge is 0.277 e. The first-order valence-corrected chi connectivity index (χ1v) is 9.01. The topological polar surface area (TPSA) is 144 Å². The molecule has 10 heteroatoms. The lowest BCUT2D eigenvalue weighted by Crippen LogP contribution is -2.15. The van der Waals surface area contributed by atoms with Crippen LogP contribution in [-0.2, 0) is 11.2 Å². The second-order valence-corrected chi connectivity index (χ2v) is 6.50. The summed E-state index contributed by atoms with van der Waals surface area (Å²) in [6.07, 6.45) is 0.175. The van der Waals surface area contributed by atoms with E-state index in [-0.39, 0.29) is 17.9 Å². The molecule has 0 aromatic heterocycles. The Kier molecular flexibility index (Phi) is 6.31. The number of nitrogens with zero attached hydrogens (tertiary/aromatic N) is 2. The summed E-state index contributed by atoms with van der Waals surface area (Å²) in [5.74, 6) is -1.01. The maximum absolute atomic E-state index is 12.5. The Bertz CT molecular complexity index is 1130. The Morgan fingerprint density at radius 3 is 1.90 bits per heavy atom. The van der Waals surface area contributed by atoms with Crippen molar-refractivity contribution in [1.29, 1.82) is 0 Å². The molecule has 0 radical (unpaired) electrons. The largest absolute Gasteiger partial charge is 0.326 e. The molecule has 0 spiro atoms. The fraction of sp³-hybridized carbons (Fsp3) is 0.0476. The number of carbonyl (C=O) groups is 2. The summed E-state index contributed by atoms with van der Waals surface area (Å²) < 4.78 is 0. The van der Waals surface area contributed by atoms with Crippen LogP contribution in [0, 0.1) is 20.2 Å². The summed E-state index contributed by atoms with van der Waals surface area (Å²) in [6.45, 7) is 0. The van der Waals surface area contributed by atoms with Crippen LogP contribution < -0.4 is 10.6 Å². The highest BCUT2D eigenvalue weighted by Gasteiger charge is 2.20. The Morgan fingerprint density at radius 1 is 0.742 bits per heavy atom. The van der Waals surface area contributed by atoms with E-state index in [0.717, 1.165) is 23.8 Å². The lowest BCUT2D eigenvalue weighted by atomic mass is 10.1. The van der Waals surface area contributed by atoms with E-state index in [1.54, 1.807) is 18.2 Å². The summed E-state index contributed by atoms with van der Waals surface area (Å²) in [6, 6.07) is 18.1. The molecule has 0 saturated heterocycles. The van der Waals surface area contributed by atoms with Crippen LogP contribution in [0.15, 0.2) is 72.8 Å². The van der Waals surface area contributed by atoms with E-state index in [0.29, 0.717) is 11.4 Å². The molecule has 0 aliphatic carbocycles. The number of carbonyl (C=O) groups excluding carboxylic acids is 2. The molecule has 0 heterocycles. The molecule has 10 nitrogen and oxygen atoms in total. The van der Waals surface area contributed by atoms with Crippen LogP contribution in [0.1, 0.15) is 15.9 Å². The van der Waals surface area contributed by atoms with Gasteiger partial charge in [0.2, 0.25) is 5.91 Å². The van der Waals surface area contributed by atoms with Gasteiger partial charge in [-0.2, -0.15) is 0 Å². The molecule has 0 aliphatic heterocycles. The Hall–Kier alpha value is -4.60. The molecule has 3 rings (SSSR count). The molecule has 156 valence electrons. The minimum absolute atomic E-state index is 0.175. The quantitative estimate of drug-likeness (QED) is 0.437. The zero-order chi connectivity index (χ0) is 22.4. The van der Waals surface area contributed by atoms with E-state index in [9.17, 15) is 29.8 Å². The van der Waals surface area contributed by atoms with Crippen molar-refractivity contribution in [2.45, 2.75) is 6.42 Å². The third-order valence-corrected chi connectivity index (χ3v) is 4.20. The molecule has 2 N–H and O–H groups in total. The maximum Gasteiger partial charge on any atom is 0.277 e. The van der Waals surface area contributed by atoms with E-state index in [4.69, 9.17) is 0 Å². The molecule has 31 heavy (non-hydrogen) atoms. The van der Waals surface area contributed by atoms with Gasteiger partial charge in [0, 0.05) is 23.5 Å². The number of nitro groups is 2. The Labute approximate surface area is 175 Å². The van der Waals surface area contributed by atoms with Crippen LogP contribution in [0.3, 0.4) is 0 Å². The van der Waals surface area contributed by atoms with Crippen molar-refractivity contribution in [2.75, 3.05) is 10.6 Å². The average Bonchev–Trinajstić information content (AvgIpc) is 2.74. The van der Waals surface area contributed by atoms with Gasteiger partial charge in [-0.25, -0.2) is 0 Å². The van der Waals surface area contributed by atoms with Crippen LogP contribution in [0.5, 0.6) is 0 Å². The standard InChI is InChI=1S/C21H16N4O6/c26-20(9-14-5-2-1-3-6-14)22-16-7-4-8-17(12-16)23-21(27)15-10-18(24(28)29)13-19(11-15)25(30)31/h1-8,10-13H,9H2,(H,22,26)(H,23,27). The van der Waals surface area contributed by atoms with E-state index in [2.05, 4.69) is 10.6 Å². The maximum atomic E-state index is 12.5. The minimum atomic E-state index is -0.813. The summed E-state index contributed by atoms with van der Waals surface area (Å²) in [7, 11) is 0. The van der Waals surface area contributed by atoms with Gasteiger partial charge < -0.3 is 10.6 Å². The van der Waals surface area contributed by atoms with Gasteiger partial charge in [0.05, 0.1) is 27.9 Å². The zero-order valence-electron chi connectivity index (χ0n) is 16.0. The first kappa shape index (κ1) is 21.1. The number of anilines is 2. The van der Waals surface area contributed by atoms with Crippen LogP contribution in [0.4, 0.5) is 22.7 Å². The number of hydrogen-bond donors (Lipinski definition) is 2. The van der Waals surface area contributed by atoms with E-state index in [1.165, 1.54) is 6.07 Å². The van der Waals surface area contributed by atoms with Gasteiger partial charge in [-0.05, 0) is 23.8 Å². The van der Waals surface area contributed by atoms with E-state index < -0.39 is 27.1 Å². The van der Waals surface area contributed by atoms with Gasteiger partial charge in [-0.1, -0.05) is 36.4 Å². The number of non-ortho nitro benzene ring substituents is 2. The van der Waals surface area contributed by atoms with Gasteiger partial charge in [-0.3, -0.25) is 29.8 Å². The molecule has 0 unspecified atom stereocenters. The van der Waals surface area contributed by atoms with Gasteiger partial charge in [0.25, 0.3) is 17.3 Å². The minimum Gasteiger partial charge on any atom is -0.326 e. The summed E-state index contributed by atoms with van der Waals surface area (Å²) >= 11 is 0. The van der Waals surface area contributed by atoms with Gasteiger partial charge >= 0.3 is 0 Å². The monoisotopic (exact) mass is 420 g/mol. The van der Waals surface area contributed by atoms with Crippen molar-refractivity contribution in [2.24, 2.45) is 0 Å². The van der Waals surface area contributed by atoms with Gasteiger partial charge in [0.15, 0.2) is 0 Å². The highest BCUT2D eigenvalue weighted by Crippen LogP contribution is 2.24. The Balaban J connectivity index is 1.73. The SMILES string of the molecule is O=C(Cc1ccccc1)Nc1cccc(NC(=O)c2cc([N+](=O)[O-])cc([N+](=O)[O-])c2)c1. The van der Waals surface area contributed by atoms with Crippen LogP contribution in [0.2, 0.25) is 0 Å². The van der Waals surface area contributed by atoms with Crippen LogP contribution in [-0.4, -0.2) is 21.7 Å². The predicted octanol–water partition coefficient (Wildman–Crippen LogP) is 3.94. The highest BCUT2D eigenvalue weighted by molar-refractivity contribution is 6.05. The number of amides is 2. The number of benzene rings is 3. The first-order chi connectivity index (χ1) is 14.8. The second-order valence-electron chi connectivity index (χ2n) is 6.50. The van der Waals surface area contributed by atoms with Crippen molar-refractivity contribution in [3.05, 3.63) is 104 Å². The first-order valence-electron chi connectivity index (χ1n) is 9.01. The van der Waals surface area contributed by atoms with Crippen molar-refractivity contribution < 1.29 is 19.4 Å². The van der Waals surface area contributed by atoms with Gasteiger partial charge in [-0.15, -0.1) is 0 Å². The number of nitro benzene ring substituents is 2. The number of hydrogen-bond acceptors (Lipinski definition) is 6. The fourth-order valence-electron chi connectivity index (χ4n) is 2.80. The lowest BCUT2D eigenvalue weighted by Gasteiger charge is -2.09. The Morgan fingerprint density at radius 2 is 1.32 bits per heavy atom. The average molecular weight is 420 g/mol. The van der Waals surface area contributed by atoms with Crippen molar-refractivity contribution >= 4 is 34.6 Å². The summed E-state index contributed by atoms with van der Waals surface area (Å²) in [5, 5.41) is 27.2. The normalized spacial score (nSPS) is 10.2. The van der Waals surface area contributed by atoms with Gasteiger partial charge in [0.1, 0.15) is 0 Å². The molecular weight excluding hydrogens is 404 g/mol. The van der Waals surface area contributed by atoms with E-state index in [1.807, 2.05) is 30.3 Å². The van der Waals surface area contributed by atoms with Crippen molar-refractivity contribution in [1.82, 2.24) is 0 Å². The van der Waals surface area contributed by atoms with Crippen LogP contribution in [0.25, 0.3) is 0 Å². The molecule has 0 aliphatic rings. The van der Waals surface area contributed by atoms with E-state index >= 15 is 0 Å². The number of rotatable bonds is 7. The third kappa shape index (κ3) is 5.70. The lowest BCUT2D eigenvalue weighted by molar-refractivity contribution is -0.394. The molecule has 2 amide bonds. The van der Waals surface area contributed by atoms with Crippen molar-refractivity contribution in [3.63, 3.8) is 0 Å². The summed E-state index contributed by atoms with van der Waals surface area (Å²) in [4.78, 5) is 45.1. The summed E-state index contributed by atoms with van der Waals surface area (Å²) in [5.41, 5.74) is 0.208. The van der Waals surface area contributed by atoms with Crippen LogP contribution >= 0.6 is 0 Å². The molecular formula is C21H16N4O6. The predicted molar refractivity (Wildman–Crippen MR) is 113 cm³/mol. The number of nitrogens with one attached hydrogen (secondary N) is 2. The molecule has 3 aromatic carbocycles. The molecule has 3 aromatic rings. The third-order valence-electron chi connectivity index (χ3n) is 4.20. The fourth-order valence-corrected chi connectivity index (χ4v) is 2.80. The highest BCUT2D eigenvalue weighted by atomic mass is 16.6. The molecule has 0 fully saturated rings. The molecule has 0 saturated carbocycles. The molecule has 0 atom stereocenters. The zero-order valence-corrected chi connectivity index (χ0v) is 16.0.